The summed E-state index contributed by atoms with van der Waals surface area (Å²) in [5.74, 6) is 0. The summed E-state index contributed by atoms with van der Waals surface area (Å²) >= 11 is 0. The van der Waals surface area contributed by atoms with Crippen LogP contribution in [0.3, 0.4) is 0 Å². The van der Waals surface area contributed by atoms with Gasteiger partial charge in [-0.1, -0.05) is 33.1 Å². The molecule has 1 atom stereocenters. The average Bonchev–Trinajstić information content (AvgIpc) is 2.14. The second-order valence-electron chi connectivity index (χ2n) is 4.38. The van der Waals surface area contributed by atoms with Crippen LogP contribution in [0.25, 0.3) is 0 Å². The molecular formula is C12H24O3. The van der Waals surface area contributed by atoms with Gasteiger partial charge < -0.3 is 9.84 Å². The zero-order valence-corrected chi connectivity index (χ0v) is 10.2. The van der Waals surface area contributed by atoms with Crippen LogP contribution in [0.15, 0.2) is 0 Å². The average molecular weight is 216 g/mol. The highest BCUT2D eigenvalue weighted by Gasteiger charge is 2.27. The topological polar surface area (TPSA) is 46.5 Å². The predicted molar refractivity (Wildman–Crippen MR) is 61.2 cm³/mol. The van der Waals surface area contributed by atoms with Crippen molar-refractivity contribution in [1.82, 2.24) is 0 Å². The van der Waals surface area contributed by atoms with E-state index in [9.17, 15) is 4.79 Å². The van der Waals surface area contributed by atoms with Gasteiger partial charge in [-0.25, -0.2) is 4.79 Å². The zero-order chi connectivity index (χ0) is 11.7. The van der Waals surface area contributed by atoms with Crippen LogP contribution < -0.4 is 0 Å². The smallest absolute Gasteiger partial charge is 0.450 e. The molecule has 0 aliphatic rings. The first-order chi connectivity index (χ1) is 7.04. The van der Waals surface area contributed by atoms with Crippen molar-refractivity contribution in [2.24, 2.45) is 0 Å². The standard InChI is InChI=1S/C12H24O3/c1-4-6-8-10-12(3,9-7-5-2)15-11(13)14/h4-10H2,1-3H3,(H,13,14). The molecule has 3 nitrogen and oxygen atoms in total. The highest BCUT2D eigenvalue weighted by molar-refractivity contribution is 5.57. The molecule has 0 spiro atoms. The number of carboxylic acid groups (broad SMARTS) is 1. The Kier molecular flexibility index (Phi) is 7.18. The second-order valence-corrected chi connectivity index (χ2v) is 4.38. The molecular weight excluding hydrogens is 192 g/mol. The second kappa shape index (κ2) is 7.55. The Balaban J connectivity index is 4.07. The van der Waals surface area contributed by atoms with Crippen LogP contribution in [0.2, 0.25) is 0 Å². The Morgan fingerprint density at radius 3 is 2.13 bits per heavy atom. The van der Waals surface area contributed by atoms with E-state index in [4.69, 9.17) is 9.84 Å². The van der Waals surface area contributed by atoms with Crippen molar-refractivity contribution in [2.75, 3.05) is 0 Å². The Morgan fingerprint density at radius 1 is 1.13 bits per heavy atom. The lowest BCUT2D eigenvalue weighted by molar-refractivity contribution is -0.0203. The minimum absolute atomic E-state index is 0.475. The molecule has 3 heteroatoms. The van der Waals surface area contributed by atoms with Crippen LogP contribution in [0, 0.1) is 0 Å². The highest BCUT2D eigenvalue weighted by atomic mass is 16.7. The fourth-order valence-electron chi connectivity index (χ4n) is 1.74. The molecule has 0 amide bonds. The van der Waals surface area contributed by atoms with Crippen LogP contribution in [0.1, 0.15) is 65.7 Å². The lowest BCUT2D eigenvalue weighted by atomic mass is 9.92. The van der Waals surface area contributed by atoms with Gasteiger partial charge in [0.15, 0.2) is 0 Å². The van der Waals surface area contributed by atoms with Gasteiger partial charge in [0.05, 0.1) is 0 Å². The van der Waals surface area contributed by atoms with Crippen LogP contribution in [0.5, 0.6) is 0 Å². The van der Waals surface area contributed by atoms with E-state index < -0.39 is 11.8 Å². The first-order valence-electron chi connectivity index (χ1n) is 5.96. The molecule has 0 aromatic carbocycles. The molecule has 0 rings (SSSR count). The Morgan fingerprint density at radius 2 is 1.67 bits per heavy atom. The molecule has 1 N–H and O–H groups in total. The minimum atomic E-state index is -1.15. The van der Waals surface area contributed by atoms with Crippen molar-refractivity contribution in [3.8, 4) is 0 Å². The lowest BCUT2D eigenvalue weighted by Crippen LogP contribution is -2.31. The van der Waals surface area contributed by atoms with Crippen LogP contribution in [-0.4, -0.2) is 16.9 Å². The number of unbranched alkanes of at least 4 members (excludes halogenated alkanes) is 3. The molecule has 0 heterocycles. The molecule has 0 fully saturated rings. The third-order valence-electron chi connectivity index (χ3n) is 2.70. The Bertz CT molecular complexity index is 180. The third kappa shape index (κ3) is 7.23. The van der Waals surface area contributed by atoms with Gasteiger partial charge in [0.2, 0.25) is 0 Å². The van der Waals surface area contributed by atoms with Gasteiger partial charge in [-0.2, -0.15) is 0 Å². The fraction of sp³-hybridized carbons (Fsp3) is 0.917. The monoisotopic (exact) mass is 216 g/mol. The fourth-order valence-corrected chi connectivity index (χ4v) is 1.74. The molecule has 0 saturated carbocycles. The normalized spacial score (nSPS) is 14.6. The van der Waals surface area contributed by atoms with E-state index in [1.807, 2.05) is 6.92 Å². The van der Waals surface area contributed by atoms with E-state index in [0.29, 0.717) is 0 Å². The van der Waals surface area contributed by atoms with Crippen molar-refractivity contribution in [1.29, 1.82) is 0 Å². The predicted octanol–water partition coefficient (Wildman–Crippen LogP) is 4.21. The molecule has 0 aliphatic heterocycles. The van der Waals surface area contributed by atoms with E-state index >= 15 is 0 Å². The highest BCUT2D eigenvalue weighted by Crippen LogP contribution is 2.25. The largest absolute Gasteiger partial charge is 0.506 e. The Labute approximate surface area is 92.8 Å². The number of hydrogen-bond acceptors (Lipinski definition) is 2. The summed E-state index contributed by atoms with van der Waals surface area (Å²) in [5.41, 5.74) is -0.475. The summed E-state index contributed by atoms with van der Waals surface area (Å²) in [4.78, 5) is 10.6. The van der Waals surface area contributed by atoms with E-state index in [-0.39, 0.29) is 0 Å². The molecule has 0 aromatic heterocycles. The summed E-state index contributed by atoms with van der Waals surface area (Å²) in [6, 6.07) is 0. The van der Waals surface area contributed by atoms with Crippen LogP contribution >= 0.6 is 0 Å². The first-order valence-corrected chi connectivity index (χ1v) is 5.96. The zero-order valence-electron chi connectivity index (χ0n) is 10.2. The van der Waals surface area contributed by atoms with Crippen molar-refractivity contribution < 1.29 is 14.6 Å². The minimum Gasteiger partial charge on any atom is -0.450 e. The van der Waals surface area contributed by atoms with Gasteiger partial charge >= 0.3 is 6.16 Å². The molecule has 0 bridgehead atoms. The maximum Gasteiger partial charge on any atom is 0.506 e. The Hall–Kier alpha value is -0.730. The molecule has 15 heavy (non-hydrogen) atoms. The summed E-state index contributed by atoms with van der Waals surface area (Å²) < 4.78 is 5.00. The molecule has 1 unspecified atom stereocenters. The van der Waals surface area contributed by atoms with Gasteiger partial charge in [-0.15, -0.1) is 0 Å². The molecule has 0 aromatic rings. The van der Waals surface area contributed by atoms with E-state index in [1.165, 1.54) is 0 Å². The molecule has 0 radical (unpaired) electrons. The van der Waals surface area contributed by atoms with Crippen LogP contribution in [-0.2, 0) is 4.74 Å². The number of carbonyl (C=O) groups is 1. The molecule has 90 valence electrons. The van der Waals surface area contributed by atoms with E-state index in [2.05, 4.69) is 13.8 Å². The summed E-state index contributed by atoms with van der Waals surface area (Å²) in [6.45, 7) is 6.15. The van der Waals surface area contributed by atoms with Gasteiger partial charge in [0.25, 0.3) is 0 Å². The van der Waals surface area contributed by atoms with Gasteiger partial charge in [-0.3, -0.25) is 0 Å². The maximum atomic E-state index is 10.6. The molecule has 0 aliphatic carbocycles. The van der Waals surface area contributed by atoms with Crippen molar-refractivity contribution in [3.05, 3.63) is 0 Å². The quantitative estimate of drug-likeness (QED) is 0.488. The lowest BCUT2D eigenvalue weighted by Gasteiger charge is -2.28. The van der Waals surface area contributed by atoms with Crippen molar-refractivity contribution in [3.63, 3.8) is 0 Å². The number of rotatable bonds is 8. The molecule has 0 saturated heterocycles. The first kappa shape index (κ1) is 14.3. The van der Waals surface area contributed by atoms with Crippen LogP contribution in [0.4, 0.5) is 4.79 Å². The van der Waals surface area contributed by atoms with Crippen molar-refractivity contribution in [2.45, 2.75) is 71.3 Å². The van der Waals surface area contributed by atoms with E-state index in [0.717, 1.165) is 44.9 Å². The summed E-state index contributed by atoms with van der Waals surface area (Å²) in [7, 11) is 0. The van der Waals surface area contributed by atoms with E-state index in [1.54, 1.807) is 0 Å². The number of hydrogen-bond donors (Lipinski definition) is 1. The van der Waals surface area contributed by atoms with Gasteiger partial charge in [-0.05, 0) is 32.6 Å². The summed E-state index contributed by atoms with van der Waals surface area (Å²) in [6.07, 6.45) is 5.96. The summed E-state index contributed by atoms with van der Waals surface area (Å²) in [5, 5.41) is 8.68. The third-order valence-corrected chi connectivity index (χ3v) is 2.70. The maximum absolute atomic E-state index is 10.6. The van der Waals surface area contributed by atoms with Gasteiger partial charge in [0, 0.05) is 0 Å². The number of ether oxygens (including phenoxy) is 1. The van der Waals surface area contributed by atoms with Crippen molar-refractivity contribution >= 4 is 6.16 Å². The SMILES string of the molecule is CCCCCC(C)(CCCC)OC(=O)O. The van der Waals surface area contributed by atoms with Gasteiger partial charge in [0.1, 0.15) is 5.60 Å².